The van der Waals surface area contributed by atoms with Crippen LogP contribution in [0.25, 0.3) is 0 Å². The molecule has 8 heteroatoms. The number of nitrogens with one attached hydrogen (secondary N) is 1. The van der Waals surface area contributed by atoms with E-state index in [0.717, 1.165) is 38.5 Å². The molecule has 60 heavy (non-hydrogen) atoms. The molecule has 1 amide bonds. The van der Waals surface area contributed by atoms with Crippen LogP contribution in [0, 0.1) is 0 Å². The molecule has 0 aliphatic rings. The highest BCUT2D eigenvalue weighted by Crippen LogP contribution is 2.36. The Morgan fingerprint density at radius 1 is 0.417 bits per heavy atom. The van der Waals surface area contributed by atoms with Crippen molar-refractivity contribution in [3.05, 3.63) is 0 Å². The van der Waals surface area contributed by atoms with Gasteiger partial charge in [0.25, 0.3) is 0 Å². The minimum absolute atomic E-state index is 0.188. The van der Waals surface area contributed by atoms with Gasteiger partial charge < -0.3 is 20.2 Å². The van der Waals surface area contributed by atoms with E-state index in [9.17, 15) is 14.5 Å². The van der Waals surface area contributed by atoms with Gasteiger partial charge in [-0.3, -0.25) is 9.32 Å². The largest absolute Gasteiger partial charge is 0.469 e. The standard InChI is InChI=1S/C52H106NO6P/c1-3-5-7-9-11-13-14-15-16-17-18-19-20-21-22-23-24-25-26-27-28-29-30-31-32-33-34-35-36-37-38-40-42-44-46-48-52(55)53-50(49-59-60(56,57)58)51(54)47-45-43-41-39-12-10-8-6-4-2/h50-51,54H,3-49H2,1-2H3,(H,53,55)(H2,56,57,58)/t50-,51+/m0/s1. The molecule has 0 aromatic rings. The SMILES string of the molecule is CCCCCCCCCCCCCCCCCCCCCCCCCCCCCCCCCCCCCC(=O)N[C@@H](COP(=O)(O)O)[C@H](O)CCCCCCCCCCC. The fourth-order valence-corrected chi connectivity index (χ4v) is 9.12. The zero-order valence-electron chi connectivity index (χ0n) is 40.4. The molecule has 0 aromatic heterocycles. The van der Waals surface area contributed by atoms with Gasteiger partial charge in [0.15, 0.2) is 0 Å². The lowest BCUT2D eigenvalue weighted by Gasteiger charge is -2.24. The second-order valence-corrected chi connectivity index (χ2v) is 20.2. The van der Waals surface area contributed by atoms with Crippen molar-refractivity contribution in [2.45, 2.75) is 321 Å². The van der Waals surface area contributed by atoms with Gasteiger partial charge in [-0.15, -0.1) is 0 Å². The summed E-state index contributed by atoms with van der Waals surface area (Å²) < 4.78 is 15.9. The van der Waals surface area contributed by atoms with Gasteiger partial charge in [0.05, 0.1) is 18.8 Å². The Kier molecular flexibility index (Phi) is 47.6. The van der Waals surface area contributed by atoms with Gasteiger partial charge in [-0.05, 0) is 12.8 Å². The van der Waals surface area contributed by atoms with Gasteiger partial charge in [-0.25, -0.2) is 4.57 Å². The molecule has 360 valence electrons. The molecule has 0 unspecified atom stereocenters. The summed E-state index contributed by atoms with van der Waals surface area (Å²) in [6.45, 7) is 4.13. The highest BCUT2D eigenvalue weighted by Gasteiger charge is 2.25. The number of hydrogen-bond donors (Lipinski definition) is 4. The van der Waals surface area contributed by atoms with Gasteiger partial charge >= 0.3 is 7.82 Å². The molecule has 0 spiro atoms. The summed E-state index contributed by atoms with van der Waals surface area (Å²) in [5.41, 5.74) is 0. The van der Waals surface area contributed by atoms with Crippen molar-refractivity contribution in [2.75, 3.05) is 6.61 Å². The lowest BCUT2D eigenvalue weighted by molar-refractivity contribution is -0.123. The van der Waals surface area contributed by atoms with E-state index in [1.807, 2.05) is 0 Å². The highest BCUT2D eigenvalue weighted by molar-refractivity contribution is 7.46. The number of rotatable bonds is 51. The van der Waals surface area contributed by atoms with Gasteiger partial charge in [-0.1, -0.05) is 290 Å². The molecule has 0 rings (SSSR count). The zero-order valence-corrected chi connectivity index (χ0v) is 41.3. The number of phosphoric ester groups is 1. The lowest BCUT2D eigenvalue weighted by atomic mass is 10.0. The third kappa shape index (κ3) is 48.6. The summed E-state index contributed by atoms with van der Waals surface area (Å²) >= 11 is 0. The topological polar surface area (TPSA) is 116 Å². The number of unbranched alkanes of at least 4 members (excludes halogenated alkanes) is 42. The van der Waals surface area contributed by atoms with Crippen molar-refractivity contribution in [3.8, 4) is 0 Å². The summed E-state index contributed by atoms with van der Waals surface area (Å²) in [6.07, 6.45) is 58.8. The van der Waals surface area contributed by atoms with E-state index in [0.29, 0.717) is 12.8 Å². The Morgan fingerprint density at radius 2 is 0.650 bits per heavy atom. The molecule has 0 saturated heterocycles. The number of carbonyl (C=O) groups excluding carboxylic acids is 1. The summed E-state index contributed by atoms with van der Waals surface area (Å²) in [7, 11) is -4.68. The summed E-state index contributed by atoms with van der Waals surface area (Å²) in [5.74, 6) is -0.188. The number of aliphatic hydroxyl groups is 1. The quantitative estimate of drug-likeness (QED) is 0.0357. The molecule has 0 fully saturated rings. The molecule has 0 bridgehead atoms. The van der Waals surface area contributed by atoms with Gasteiger partial charge in [-0.2, -0.15) is 0 Å². The highest BCUT2D eigenvalue weighted by atomic mass is 31.2. The maximum atomic E-state index is 12.6. The van der Waals surface area contributed by atoms with Crippen LogP contribution >= 0.6 is 7.82 Å². The van der Waals surface area contributed by atoms with Crippen LogP contribution < -0.4 is 5.32 Å². The number of hydrogen-bond acceptors (Lipinski definition) is 4. The van der Waals surface area contributed by atoms with E-state index < -0.39 is 26.6 Å². The summed E-state index contributed by atoms with van der Waals surface area (Å²) in [5, 5.41) is 13.5. The van der Waals surface area contributed by atoms with Crippen LogP contribution in [-0.2, 0) is 13.9 Å². The molecule has 0 saturated carbocycles. The van der Waals surface area contributed by atoms with Crippen molar-refractivity contribution >= 4 is 13.7 Å². The second kappa shape index (κ2) is 48.0. The zero-order chi connectivity index (χ0) is 43.9. The molecule has 7 nitrogen and oxygen atoms in total. The van der Waals surface area contributed by atoms with Crippen LogP contribution in [0.2, 0.25) is 0 Å². The molecular formula is C52H106NO6P. The van der Waals surface area contributed by atoms with E-state index in [-0.39, 0.29) is 5.91 Å². The minimum atomic E-state index is -4.68. The Morgan fingerprint density at radius 3 is 0.900 bits per heavy atom. The van der Waals surface area contributed by atoms with Crippen molar-refractivity contribution in [2.24, 2.45) is 0 Å². The molecule has 0 heterocycles. The van der Waals surface area contributed by atoms with Crippen LogP contribution in [0.5, 0.6) is 0 Å². The summed E-state index contributed by atoms with van der Waals surface area (Å²) in [4.78, 5) is 30.9. The normalized spacial score (nSPS) is 12.9. The smallest absolute Gasteiger partial charge is 0.391 e. The van der Waals surface area contributed by atoms with Crippen LogP contribution in [-0.4, -0.2) is 39.6 Å². The lowest BCUT2D eigenvalue weighted by Crippen LogP contribution is -2.46. The number of amides is 1. The van der Waals surface area contributed by atoms with Crippen molar-refractivity contribution in [1.29, 1.82) is 0 Å². The number of aliphatic hydroxyl groups excluding tert-OH is 1. The minimum Gasteiger partial charge on any atom is -0.391 e. The van der Waals surface area contributed by atoms with Crippen LogP contribution in [0.1, 0.15) is 309 Å². The monoisotopic (exact) mass is 872 g/mol. The Hall–Kier alpha value is -0.460. The first-order chi connectivity index (χ1) is 29.3. The van der Waals surface area contributed by atoms with Gasteiger partial charge in [0.1, 0.15) is 0 Å². The van der Waals surface area contributed by atoms with Crippen LogP contribution in [0.4, 0.5) is 0 Å². The average molecular weight is 872 g/mol. The molecule has 2 atom stereocenters. The predicted octanol–water partition coefficient (Wildman–Crippen LogP) is 16.9. The molecule has 0 radical (unpaired) electrons. The molecule has 0 aliphatic carbocycles. The second-order valence-electron chi connectivity index (χ2n) is 18.9. The molecule has 4 N–H and O–H groups in total. The first kappa shape index (κ1) is 59.5. The van der Waals surface area contributed by atoms with E-state index in [2.05, 4.69) is 23.7 Å². The van der Waals surface area contributed by atoms with E-state index in [1.54, 1.807) is 0 Å². The Balaban J connectivity index is 3.52. The van der Waals surface area contributed by atoms with Crippen molar-refractivity contribution in [1.82, 2.24) is 5.32 Å². The predicted molar refractivity (Wildman–Crippen MR) is 260 cm³/mol. The van der Waals surface area contributed by atoms with Crippen molar-refractivity contribution < 1.29 is 28.8 Å². The summed E-state index contributed by atoms with van der Waals surface area (Å²) in [6, 6.07) is -0.817. The Bertz CT molecular complexity index is 900. The van der Waals surface area contributed by atoms with Gasteiger partial charge in [0, 0.05) is 6.42 Å². The van der Waals surface area contributed by atoms with E-state index >= 15 is 0 Å². The van der Waals surface area contributed by atoms with E-state index in [1.165, 1.54) is 244 Å². The number of phosphoric acid groups is 1. The van der Waals surface area contributed by atoms with Gasteiger partial charge in [0.2, 0.25) is 5.91 Å². The third-order valence-electron chi connectivity index (χ3n) is 12.8. The molecular weight excluding hydrogens is 766 g/mol. The fraction of sp³-hybridized carbons (Fsp3) is 0.981. The third-order valence-corrected chi connectivity index (χ3v) is 13.3. The molecule has 0 aromatic carbocycles. The first-order valence-corrected chi connectivity index (χ1v) is 28.5. The van der Waals surface area contributed by atoms with Crippen LogP contribution in [0.15, 0.2) is 0 Å². The maximum absolute atomic E-state index is 12.6. The van der Waals surface area contributed by atoms with Crippen LogP contribution in [0.3, 0.4) is 0 Å². The van der Waals surface area contributed by atoms with E-state index in [4.69, 9.17) is 9.79 Å². The molecule has 0 aliphatic heterocycles. The average Bonchev–Trinajstić information content (AvgIpc) is 3.22. The maximum Gasteiger partial charge on any atom is 0.469 e. The number of carbonyl (C=O) groups is 1. The Labute approximate surface area is 374 Å². The fourth-order valence-electron chi connectivity index (χ4n) is 8.76. The first-order valence-electron chi connectivity index (χ1n) is 27.0. The van der Waals surface area contributed by atoms with Crippen molar-refractivity contribution in [3.63, 3.8) is 0 Å².